The molecular formula is C12H23NO2. The average Bonchev–Trinajstić information content (AvgIpc) is 2.78. The molecular weight excluding hydrogens is 190 g/mol. The molecule has 3 atom stereocenters. The van der Waals surface area contributed by atoms with E-state index in [2.05, 4.69) is 4.90 Å². The number of nitrogens with zero attached hydrogens (tertiary/aromatic N) is 1. The molecule has 2 fully saturated rings. The molecule has 2 heterocycles. The molecule has 2 aliphatic rings. The van der Waals surface area contributed by atoms with Crippen molar-refractivity contribution in [3.05, 3.63) is 0 Å². The zero-order valence-electron chi connectivity index (χ0n) is 9.69. The molecule has 88 valence electrons. The summed E-state index contributed by atoms with van der Waals surface area (Å²) < 4.78 is 5.66. The largest absolute Gasteiger partial charge is 0.393 e. The molecule has 0 bridgehead atoms. The number of aliphatic hydroxyl groups is 1. The van der Waals surface area contributed by atoms with Crippen molar-refractivity contribution in [1.82, 2.24) is 4.90 Å². The summed E-state index contributed by atoms with van der Waals surface area (Å²) in [5.41, 5.74) is 0. The molecule has 0 amide bonds. The van der Waals surface area contributed by atoms with E-state index < -0.39 is 0 Å². The summed E-state index contributed by atoms with van der Waals surface area (Å²) in [6, 6.07) is 0.592. The van der Waals surface area contributed by atoms with E-state index in [0.29, 0.717) is 12.1 Å². The smallest absolute Gasteiger partial charge is 0.0702 e. The third-order valence-electron chi connectivity index (χ3n) is 3.57. The van der Waals surface area contributed by atoms with Crippen molar-refractivity contribution in [3.8, 4) is 0 Å². The van der Waals surface area contributed by atoms with Gasteiger partial charge >= 0.3 is 0 Å². The lowest BCUT2D eigenvalue weighted by Crippen LogP contribution is -2.37. The Bertz CT molecular complexity index is 190. The fourth-order valence-electron chi connectivity index (χ4n) is 2.85. The van der Waals surface area contributed by atoms with Crippen molar-refractivity contribution < 1.29 is 9.84 Å². The Morgan fingerprint density at radius 1 is 1.40 bits per heavy atom. The Morgan fingerprint density at radius 3 is 2.93 bits per heavy atom. The number of likely N-dealkylation sites (tertiary alicyclic amines) is 1. The Labute approximate surface area is 92.4 Å². The van der Waals surface area contributed by atoms with E-state index >= 15 is 0 Å². The molecule has 1 N–H and O–H groups in total. The fraction of sp³-hybridized carbons (Fsp3) is 1.00. The minimum absolute atomic E-state index is 0.167. The van der Waals surface area contributed by atoms with Gasteiger partial charge in [0.1, 0.15) is 0 Å². The van der Waals surface area contributed by atoms with Gasteiger partial charge in [0.2, 0.25) is 0 Å². The number of aliphatic hydroxyl groups excluding tert-OH is 1. The molecule has 3 heteroatoms. The summed E-state index contributed by atoms with van der Waals surface area (Å²) in [5, 5.41) is 9.43. The van der Waals surface area contributed by atoms with Gasteiger partial charge in [-0.15, -0.1) is 0 Å². The van der Waals surface area contributed by atoms with E-state index in [4.69, 9.17) is 4.74 Å². The van der Waals surface area contributed by atoms with Crippen molar-refractivity contribution >= 4 is 0 Å². The maximum Gasteiger partial charge on any atom is 0.0702 e. The first-order valence-electron chi connectivity index (χ1n) is 6.29. The molecule has 0 saturated carbocycles. The molecule has 0 radical (unpaired) electrons. The van der Waals surface area contributed by atoms with Crippen LogP contribution in [-0.2, 0) is 4.74 Å². The lowest BCUT2D eigenvalue weighted by Gasteiger charge is -2.27. The molecule has 3 unspecified atom stereocenters. The minimum Gasteiger partial charge on any atom is -0.393 e. The van der Waals surface area contributed by atoms with Crippen LogP contribution in [0.15, 0.2) is 0 Å². The van der Waals surface area contributed by atoms with Crippen LogP contribution >= 0.6 is 0 Å². The topological polar surface area (TPSA) is 32.7 Å². The van der Waals surface area contributed by atoms with E-state index in [-0.39, 0.29) is 6.10 Å². The van der Waals surface area contributed by atoms with Gasteiger partial charge in [-0.25, -0.2) is 0 Å². The second-order valence-electron chi connectivity index (χ2n) is 5.01. The molecule has 0 aromatic rings. The van der Waals surface area contributed by atoms with Crippen LogP contribution in [0.3, 0.4) is 0 Å². The third kappa shape index (κ3) is 3.16. The SMILES string of the molecule is CC(O)CC1CCCN1CC1CCCO1. The predicted molar refractivity (Wildman–Crippen MR) is 59.9 cm³/mol. The van der Waals surface area contributed by atoms with Crippen LogP contribution in [0.2, 0.25) is 0 Å². The van der Waals surface area contributed by atoms with Crippen LogP contribution < -0.4 is 0 Å². The molecule has 0 aromatic heterocycles. The van der Waals surface area contributed by atoms with Crippen molar-refractivity contribution in [2.75, 3.05) is 19.7 Å². The monoisotopic (exact) mass is 213 g/mol. The van der Waals surface area contributed by atoms with E-state index in [1.54, 1.807) is 0 Å². The van der Waals surface area contributed by atoms with Crippen LogP contribution in [0.25, 0.3) is 0 Å². The molecule has 2 rings (SSSR count). The maximum atomic E-state index is 9.43. The van der Waals surface area contributed by atoms with Crippen molar-refractivity contribution in [2.45, 2.75) is 57.3 Å². The lowest BCUT2D eigenvalue weighted by molar-refractivity contribution is 0.0582. The van der Waals surface area contributed by atoms with Crippen LogP contribution in [-0.4, -0.2) is 48.0 Å². The zero-order chi connectivity index (χ0) is 10.7. The highest BCUT2D eigenvalue weighted by molar-refractivity contribution is 4.83. The van der Waals surface area contributed by atoms with Gasteiger partial charge in [0.15, 0.2) is 0 Å². The second-order valence-corrected chi connectivity index (χ2v) is 5.01. The first-order valence-corrected chi connectivity index (χ1v) is 6.29. The normalized spacial score (nSPS) is 34.8. The molecule has 0 spiro atoms. The highest BCUT2D eigenvalue weighted by atomic mass is 16.5. The molecule has 0 aromatic carbocycles. The standard InChI is InChI=1S/C12H23NO2/c1-10(14)8-11-4-2-6-13(11)9-12-5-3-7-15-12/h10-12,14H,2-9H2,1H3. The maximum absolute atomic E-state index is 9.43. The first kappa shape index (κ1) is 11.4. The highest BCUT2D eigenvalue weighted by Gasteiger charge is 2.28. The first-order chi connectivity index (χ1) is 7.25. The second kappa shape index (κ2) is 5.28. The summed E-state index contributed by atoms with van der Waals surface area (Å²) in [7, 11) is 0. The van der Waals surface area contributed by atoms with Crippen LogP contribution in [0.4, 0.5) is 0 Å². The number of ether oxygens (including phenoxy) is 1. The summed E-state index contributed by atoms with van der Waals surface area (Å²) >= 11 is 0. The lowest BCUT2D eigenvalue weighted by atomic mass is 10.1. The third-order valence-corrected chi connectivity index (χ3v) is 3.57. The minimum atomic E-state index is -0.167. The Balaban J connectivity index is 1.79. The number of rotatable bonds is 4. The summed E-state index contributed by atoms with van der Waals surface area (Å²) in [4.78, 5) is 2.52. The molecule has 2 aliphatic heterocycles. The van der Waals surface area contributed by atoms with Gasteiger partial charge in [-0.2, -0.15) is 0 Å². The Kier molecular flexibility index (Phi) is 4.00. The number of hydrogen-bond donors (Lipinski definition) is 1. The number of hydrogen-bond acceptors (Lipinski definition) is 3. The van der Waals surface area contributed by atoms with Crippen LogP contribution in [0.5, 0.6) is 0 Å². The van der Waals surface area contributed by atoms with Crippen LogP contribution in [0, 0.1) is 0 Å². The molecule has 2 saturated heterocycles. The summed E-state index contributed by atoms with van der Waals surface area (Å²) in [6.07, 6.45) is 6.19. The molecule has 3 nitrogen and oxygen atoms in total. The Morgan fingerprint density at radius 2 is 2.27 bits per heavy atom. The Hall–Kier alpha value is -0.120. The van der Waals surface area contributed by atoms with E-state index in [0.717, 1.165) is 19.6 Å². The van der Waals surface area contributed by atoms with Gasteiger partial charge in [-0.1, -0.05) is 0 Å². The van der Waals surface area contributed by atoms with E-state index in [9.17, 15) is 5.11 Å². The predicted octanol–water partition coefficient (Wildman–Crippen LogP) is 1.40. The van der Waals surface area contributed by atoms with Gasteiger partial charge < -0.3 is 9.84 Å². The van der Waals surface area contributed by atoms with E-state index in [1.165, 1.54) is 32.2 Å². The fourth-order valence-corrected chi connectivity index (χ4v) is 2.85. The quantitative estimate of drug-likeness (QED) is 0.766. The highest BCUT2D eigenvalue weighted by Crippen LogP contribution is 2.24. The summed E-state index contributed by atoms with van der Waals surface area (Å²) in [6.45, 7) is 5.11. The van der Waals surface area contributed by atoms with Crippen molar-refractivity contribution in [3.63, 3.8) is 0 Å². The van der Waals surface area contributed by atoms with Gasteiger partial charge in [0, 0.05) is 19.2 Å². The van der Waals surface area contributed by atoms with Gasteiger partial charge in [-0.3, -0.25) is 4.90 Å². The van der Waals surface area contributed by atoms with Crippen LogP contribution in [0.1, 0.15) is 39.0 Å². The van der Waals surface area contributed by atoms with Gasteiger partial charge in [0.05, 0.1) is 12.2 Å². The summed E-state index contributed by atoms with van der Waals surface area (Å²) in [5.74, 6) is 0. The zero-order valence-corrected chi connectivity index (χ0v) is 9.69. The van der Waals surface area contributed by atoms with Crippen molar-refractivity contribution in [2.24, 2.45) is 0 Å². The molecule has 0 aliphatic carbocycles. The van der Waals surface area contributed by atoms with Crippen molar-refractivity contribution in [1.29, 1.82) is 0 Å². The van der Waals surface area contributed by atoms with Gasteiger partial charge in [-0.05, 0) is 45.6 Å². The van der Waals surface area contributed by atoms with E-state index in [1.807, 2.05) is 6.92 Å². The molecule has 15 heavy (non-hydrogen) atoms. The average molecular weight is 213 g/mol. The van der Waals surface area contributed by atoms with Gasteiger partial charge in [0.25, 0.3) is 0 Å².